The van der Waals surface area contributed by atoms with Crippen LogP contribution in [0.4, 0.5) is 8.78 Å². The molecule has 0 aliphatic carbocycles. The summed E-state index contributed by atoms with van der Waals surface area (Å²) in [5.41, 5.74) is 6.29. The van der Waals surface area contributed by atoms with E-state index >= 15 is 0 Å². The smallest absolute Gasteiger partial charge is 0.201 e. The summed E-state index contributed by atoms with van der Waals surface area (Å²) in [6.45, 7) is 0.333. The highest BCUT2D eigenvalue weighted by Gasteiger charge is 2.13. The van der Waals surface area contributed by atoms with Gasteiger partial charge in [-0.2, -0.15) is 4.39 Å². The van der Waals surface area contributed by atoms with E-state index in [1.165, 1.54) is 6.07 Å². The Bertz CT molecular complexity index is 622. The van der Waals surface area contributed by atoms with Gasteiger partial charge in [0.15, 0.2) is 11.6 Å². The fraction of sp³-hybridized carbons (Fsp3) is 0.0769. The molecule has 0 aliphatic rings. The van der Waals surface area contributed by atoms with Crippen LogP contribution in [0, 0.1) is 11.6 Å². The summed E-state index contributed by atoms with van der Waals surface area (Å²) in [6, 6.07) is 7.21. The topological polar surface area (TPSA) is 35.2 Å². The average Bonchev–Trinajstić information content (AvgIpc) is 2.37. The van der Waals surface area contributed by atoms with Gasteiger partial charge in [-0.05, 0) is 29.8 Å². The van der Waals surface area contributed by atoms with Crippen LogP contribution in [0.3, 0.4) is 0 Å². The number of hydrogen-bond donors (Lipinski definition) is 1. The van der Waals surface area contributed by atoms with Gasteiger partial charge in [0.05, 0.1) is 5.02 Å². The van der Waals surface area contributed by atoms with Crippen molar-refractivity contribution in [2.75, 3.05) is 0 Å². The Hall–Kier alpha value is -1.17. The third-order valence-corrected chi connectivity index (χ3v) is 3.16. The summed E-state index contributed by atoms with van der Waals surface area (Å²) < 4.78 is 32.4. The fourth-order valence-electron chi connectivity index (χ4n) is 1.48. The van der Waals surface area contributed by atoms with E-state index in [2.05, 4.69) is 15.9 Å². The van der Waals surface area contributed by atoms with Gasteiger partial charge in [-0.25, -0.2) is 4.39 Å². The molecule has 100 valence electrons. The monoisotopic (exact) mass is 347 g/mol. The van der Waals surface area contributed by atoms with Crippen LogP contribution in [0.15, 0.2) is 34.8 Å². The third-order valence-electron chi connectivity index (χ3n) is 2.41. The first-order valence-corrected chi connectivity index (χ1v) is 6.49. The van der Waals surface area contributed by atoms with E-state index < -0.39 is 11.6 Å². The summed E-state index contributed by atoms with van der Waals surface area (Å²) in [5, 5.41) is 0.280. The lowest BCUT2D eigenvalue weighted by Crippen LogP contribution is -1.97. The second-order valence-corrected chi connectivity index (χ2v) is 5.09. The second kappa shape index (κ2) is 5.86. The molecule has 2 rings (SSSR count). The third kappa shape index (κ3) is 3.23. The average molecular weight is 349 g/mol. The number of benzene rings is 2. The van der Waals surface area contributed by atoms with Crippen LogP contribution in [-0.4, -0.2) is 0 Å². The van der Waals surface area contributed by atoms with E-state index in [0.29, 0.717) is 11.0 Å². The number of halogens is 4. The van der Waals surface area contributed by atoms with Gasteiger partial charge in [-0.1, -0.05) is 33.6 Å². The zero-order valence-electron chi connectivity index (χ0n) is 9.59. The number of nitrogens with two attached hydrogens (primary N) is 1. The van der Waals surface area contributed by atoms with Crippen molar-refractivity contribution in [1.82, 2.24) is 0 Å². The molecule has 0 aromatic heterocycles. The fourth-order valence-corrected chi connectivity index (χ4v) is 2.13. The van der Waals surface area contributed by atoms with E-state index in [1.807, 2.05) is 0 Å². The number of rotatable bonds is 3. The van der Waals surface area contributed by atoms with Gasteiger partial charge in [0, 0.05) is 11.0 Å². The minimum absolute atomic E-state index is 0.232. The molecular formula is C13H9BrClF2NO. The van der Waals surface area contributed by atoms with Crippen molar-refractivity contribution in [2.24, 2.45) is 5.73 Å². The lowest BCUT2D eigenvalue weighted by molar-refractivity contribution is 0.415. The van der Waals surface area contributed by atoms with Gasteiger partial charge in [-0.15, -0.1) is 0 Å². The Morgan fingerprint density at radius 1 is 1.16 bits per heavy atom. The maximum atomic E-state index is 13.6. The van der Waals surface area contributed by atoms with Gasteiger partial charge in [-0.3, -0.25) is 0 Å². The summed E-state index contributed by atoms with van der Waals surface area (Å²) in [5.74, 6) is -2.08. The quantitative estimate of drug-likeness (QED) is 0.821. The van der Waals surface area contributed by atoms with E-state index in [9.17, 15) is 8.78 Å². The highest BCUT2D eigenvalue weighted by atomic mass is 79.9. The first-order valence-electron chi connectivity index (χ1n) is 5.32. The first kappa shape index (κ1) is 14.2. The van der Waals surface area contributed by atoms with Crippen LogP contribution in [0.2, 0.25) is 5.02 Å². The highest BCUT2D eigenvalue weighted by Crippen LogP contribution is 2.33. The molecule has 2 nitrogen and oxygen atoms in total. The van der Waals surface area contributed by atoms with Crippen LogP contribution in [0.25, 0.3) is 0 Å². The van der Waals surface area contributed by atoms with E-state index in [-0.39, 0.29) is 16.5 Å². The molecule has 0 bridgehead atoms. The van der Waals surface area contributed by atoms with Crippen molar-refractivity contribution in [3.05, 3.63) is 57.0 Å². The molecule has 0 aliphatic heterocycles. The number of hydrogen-bond acceptors (Lipinski definition) is 2. The molecule has 0 unspecified atom stereocenters. The second-order valence-electron chi connectivity index (χ2n) is 3.77. The molecule has 2 aromatic rings. The molecule has 0 fully saturated rings. The first-order chi connectivity index (χ1) is 9.01. The minimum Gasteiger partial charge on any atom is -0.453 e. The number of ether oxygens (including phenoxy) is 1. The largest absolute Gasteiger partial charge is 0.453 e. The maximum Gasteiger partial charge on any atom is 0.201 e. The van der Waals surface area contributed by atoms with Gasteiger partial charge in [0.25, 0.3) is 0 Å². The lowest BCUT2D eigenvalue weighted by Gasteiger charge is -2.10. The predicted octanol–water partition coefficient (Wildman–Crippen LogP) is 4.63. The van der Waals surface area contributed by atoms with Gasteiger partial charge < -0.3 is 10.5 Å². The molecular weight excluding hydrogens is 340 g/mol. The van der Waals surface area contributed by atoms with Crippen LogP contribution in [-0.2, 0) is 6.54 Å². The molecule has 2 N–H and O–H groups in total. The van der Waals surface area contributed by atoms with E-state index in [1.54, 1.807) is 18.2 Å². The summed E-state index contributed by atoms with van der Waals surface area (Å²) in [7, 11) is 0. The SMILES string of the molecule is NCc1ccc(Oc2cc(Br)cc(F)c2F)c(Cl)c1. The van der Waals surface area contributed by atoms with Crippen molar-refractivity contribution in [3.63, 3.8) is 0 Å². The van der Waals surface area contributed by atoms with Crippen molar-refractivity contribution in [1.29, 1.82) is 0 Å². The van der Waals surface area contributed by atoms with E-state index in [0.717, 1.165) is 11.6 Å². The van der Waals surface area contributed by atoms with Crippen LogP contribution in [0.1, 0.15) is 5.56 Å². The minimum atomic E-state index is -1.07. The summed E-state index contributed by atoms with van der Waals surface area (Å²) >= 11 is 9.05. The molecule has 6 heteroatoms. The molecule has 19 heavy (non-hydrogen) atoms. The van der Waals surface area contributed by atoms with Crippen LogP contribution in [0.5, 0.6) is 11.5 Å². The predicted molar refractivity (Wildman–Crippen MR) is 73.5 cm³/mol. The Balaban J connectivity index is 2.36. The van der Waals surface area contributed by atoms with E-state index in [4.69, 9.17) is 22.1 Å². The Morgan fingerprint density at radius 2 is 1.89 bits per heavy atom. The summed E-state index contributed by atoms with van der Waals surface area (Å²) in [4.78, 5) is 0. The zero-order valence-corrected chi connectivity index (χ0v) is 11.9. The normalized spacial score (nSPS) is 10.6. The van der Waals surface area contributed by atoms with Crippen molar-refractivity contribution >= 4 is 27.5 Å². The standard InChI is InChI=1S/C13H9BrClF2NO/c14-8-4-10(16)13(17)12(5-8)19-11-2-1-7(6-18)3-9(11)15/h1-5H,6,18H2. The zero-order chi connectivity index (χ0) is 14.0. The molecule has 0 spiro atoms. The molecule has 0 heterocycles. The Morgan fingerprint density at radius 3 is 2.53 bits per heavy atom. The van der Waals surface area contributed by atoms with Crippen LogP contribution >= 0.6 is 27.5 Å². The Kier molecular flexibility index (Phi) is 4.39. The van der Waals surface area contributed by atoms with Gasteiger partial charge >= 0.3 is 0 Å². The van der Waals surface area contributed by atoms with Crippen molar-refractivity contribution in [3.8, 4) is 11.5 Å². The lowest BCUT2D eigenvalue weighted by atomic mass is 10.2. The van der Waals surface area contributed by atoms with Gasteiger partial charge in [0.1, 0.15) is 5.75 Å². The van der Waals surface area contributed by atoms with Crippen molar-refractivity contribution in [2.45, 2.75) is 6.54 Å². The molecule has 2 aromatic carbocycles. The van der Waals surface area contributed by atoms with Gasteiger partial charge in [0.2, 0.25) is 5.82 Å². The molecule has 0 atom stereocenters. The van der Waals surface area contributed by atoms with Crippen molar-refractivity contribution < 1.29 is 13.5 Å². The molecule has 0 radical (unpaired) electrons. The molecule has 0 saturated heterocycles. The van der Waals surface area contributed by atoms with Crippen LogP contribution < -0.4 is 10.5 Å². The Labute approximate surface area is 122 Å². The summed E-state index contributed by atoms with van der Waals surface area (Å²) in [6.07, 6.45) is 0. The highest BCUT2D eigenvalue weighted by molar-refractivity contribution is 9.10. The molecule has 0 saturated carbocycles. The molecule has 0 amide bonds. The maximum absolute atomic E-state index is 13.6.